The smallest absolute Gasteiger partial charge is 0.415 e. The third kappa shape index (κ3) is 7.10. The summed E-state index contributed by atoms with van der Waals surface area (Å²) in [6.45, 7) is 7.13. The summed E-state index contributed by atoms with van der Waals surface area (Å²) in [5.41, 5.74) is 6.72. The van der Waals surface area contributed by atoms with Gasteiger partial charge in [0, 0.05) is 43.3 Å². The molecule has 0 unspecified atom stereocenters. The van der Waals surface area contributed by atoms with Crippen LogP contribution >= 0.6 is 23.2 Å². The minimum atomic E-state index is -5.04. The second-order valence-electron chi connectivity index (χ2n) is 9.71. The van der Waals surface area contributed by atoms with Crippen LogP contribution in [0.2, 0.25) is 10.2 Å². The monoisotopic (exact) mass is 586 g/mol. The molecule has 3 heterocycles. The minimum absolute atomic E-state index is 0.0927. The zero-order valence-corrected chi connectivity index (χ0v) is 23.0. The van der Waals surface area contributed by atoms with Crippen LogP contribution in [0.1, 0.15) is 37.4 Å². The number of anilines is 2. The summed E-state index contributed by atoms with van der Waals surface area (Å²) >= 11 is 12.4. The van der Waals surface area contributed by atoms with Gasteiger partial charge in [0.1, 0.15) is 0 Å². The molecule has 0 radical (unpaired) electrons. The normalized spacial score (nSPS) is 19.7. The molecule has 14 heteroatoms. The van der Waals surface area contributed by atoms with Crippen LogP contribution in [0.3, 0.4) is 0 Å². The highest BCUT2D eigenvalue weighted by Gasteiger charge is 2.39. The Kier molecular flexibility index (Phi) is 9.20. The molecule has 4 N–H and O–H groups in total. The van der Waals surface area contributed by atoms with Gasteiger partial charge in [0.15, 0.2) is 22.5 Å². The van der Waals surface area contributed by atoms with Crippen molar-refractivity contribution in [2.75, 3.05) is 43.4 Å². The summed E-state index contributed by atoms with van der Waals surface area (Å²) in [4.78, 5) is 15.2. The number of hydrogen-bond acceptors (Lipinski definition) is 9. The summed E-state index contributed by atoms with van der Waals surface area (Å²) in [5.74, 6) is -3.08. The Bertz CT molecular complexity index is 1190. The van der Waals surface area contributed by atoms with Crippen molar-refractivity contribution in [3.05, 3.63) is 45.7 Å². The van der Waals surface area contributed by atoms with E-state index >= 15 is 0 Å². The molecular weight excluding hydrogens is 556 g/mol. The topological polar surface area (TPSA) is 118 Å². The van der Waals surface area contributed by atoms with E-state index in [4.69, 9.17) is 39.8 Å². The lowest BCUT2D eigenvalue weighted by atomic mass is 9.98. The van der Waals surface area contributed by atoms with Crippen molar-refractivity contribution in [2.24, 2.45) is 0 Å². The van der Waals surface area contributed by atoms with Crippen molar-refractivity contribution in [3.63, 3.8) is 0 Å². The largest absolute Gasteiger partial charge is 0.468 e. The molecule has 0 saturated carbocycles. The highest BCUT2D eigenvalue weighted by molar-refractivity contribution is 6.32. The number of ether oxygens (including phenoxy) is 1. The number of piperazine rings is 1. The van der Waals surface area contributed by atoms with Gasteiger partial charge in [-0.05, 0) is 50.0 Å². The van der Waals surface area contributed by atoms with E-state index in [0.29, 0.717) is 24.9 Å². The van der Waals surface area contributed by atoms with E-state index in [1.807, 2.05) is 17.0 Å². The lowest BCUT2D eigenvalue weighted by Crippen LogP contribution is -2.58. The molecule has 0 bridgehead atoms. The zero-order valence-electron chi connectivity index (χ0n) is 21.4. The number of hydrogen-bond donors (Lipinski definition) is 3. The quantitative estimate of drug-likeness (QED) is 0.328. The maximum Gasteiger partial charge on any atom is 0.468 e. The molecule has 4 rings (SSSR count). The van der Waals surface area contributed by atoms with Gasteiger partial charge in [-0.1, -0.05) is 42.3 Å². The molecule has 2 aliphatic rings. The van der Waals surface area contributed by atoms with E-state index in [0.717, 1.165) is 50.5 Å². The van der Waals surface area contributed by atoms with Crippen LogP contribution < -0.4 is 10.6 Å². The van der Waals surface area contributed by atoms with E-state index in [9.17, 15) is 13.2 Å². The van der Waals surface area contributed by atoms with Gasteiger partial charge >= 0.3 is 6.18 Å². The maximum absolute atomic E-state index is 12.6. The molecule has 2 saturated heterocycles. The summed E-state index contributed by atoms with van der Waals surface area (Å²) in [6, 6.07) is 8.69. The van der Waals surface area contributed by atoms with E-state index in [1.165, 1.54) is 5.56 Å². The number of rotatable bonds is 6. The summed E-state index contributed by atoms with van der Waals surface area (Å²) in [7, 11) is 0. The number of aromatic nitrogens is 2. The molecule has 1 atom stereocenters. The Morgan fingerprint density at radius 2 is 1.74 bits per heavy atom. The fraction of sp³-hybridized carbons (Fsp3) is 0.520. The van der Waals surface area contributed by atoms with Gasteiger partial charge in [0.05, 0.1) is 0 Å². The number of alkyl halides is 3. The Morgan fingerprint density at radius 3 is 2.36 bits per heavy atom. The molecule has 2 aliphatic heterocycles. The second kappa shape index (κ2) is 12.2. The Hall–Kier alpha value is -2.67. The Labute approximate surface area is 235 Å². The lowest BCUT2D eigenvalue weighted by Gasteiger charge is -2.47. The first-order chi connectivity index (χ1) is 18.5. The van der Waals surface area contributed by atoms with Gasteiger partial charge in [-0.25, -0.2) is 9.97 Å². The van der Waals surface area contributed by atoms with Crippen molar-refractivity contribution in [2.45, 2.75) is 51.0 Å². The van der Waals surface area contributed by atoms with Gasteiger partial charge in [-0.3, -0.25) is 20.6 Å². The Balaban J connectivity index is 1.36. The predicted octanol–water partition coefficient (Wildman–Crippen LogP) is 4.81. The molecule has 0 aliphatic carbocycles. The molecule has 9 nitrogen and oxygen atoms in total. The number of benzene rings is 1. The number of piperidine rings is 1. The Morgan fingerprint density at radius 1 is 1.08 bits per heavy atom. The van der Waals surface area contributed by atoms with E-state index < -0.39 is 23.7 Å². The molecule has 0 amide bonds. The molecule has 2 aromatic rings. The van der Waals surface area contributed by atoms with Crippen molar-refractivity contribution < 1.29 is 17.9 Å². The fourth-order valence-electron chi connectivity index (χ4n) is 5.16. The average molecular weight is 587 g/mol. The second-order valence-corrected chi connectivity index (χ2v) is 10.5. The van der Waals surface area contributed by atoms with Crippen molar-refractivity contribution >= 4 is 46.6 Å². The van der Waals surface area contributed by atoms with Crippen LogP contribution in [0.15, 0.2) is 24.3 Å². The fourth-order valence-corrected chi connectivity index (χ4v) is 5.53. The van der Waals surface area contributed by atoms with E-state index in [2.05, 4.69) is 43.6 Å². The molecule has 0 spiro atoms. The molecule has 1 aromatic carbocycles. The molecule has 2 fully saturated rings. The number of halogens is 5. The number of nitrogens with one attached hydrogen (secondary N) is 2. The molecule has 39 heavy (non-hydrogen) atoms. The van der Waals surface area contributed by atoms with E-state index in [-0.39, 0.29) is 17.0 Å². The van der Waals surface area contributed by atoms with Gasteiger partial charge in [0.25, 0.3) is 5.90 Å². The van der Waals surface area contributed by atoms with Crippen molar-refractivity contribution in [1.82, 2.24) is 19.8 Å². The summed E-state index contributed by atoms with van der Waals surface area (Å²) in [6.07, 6.45) is -1.98. The highest BCUT2D eigenvalue weighted by Crippen LogP contribution is 2.30. The van der Waals surface area contributed by atoms with Crippen LogP contribution in [-0.2, 0) is 11.3 Å². The SMILES string of the molecule is CC[C@H]1CN(c2nc(N)c(C(=N)OC(=N)C(F)(F)F)nc2Cl)CCN1C1CCN(Cc2ccc(Cl)cc2)CC1. The van der Waals surface area contributed by atoms with E-state index in [1.54, 1.807) is 0 Å². The summed E-state index contributed by atoms with van der Waals surface area (Å²) in [5, 5.41) is 15.3. The van der Waals surface area contributed by atoms with Crippen LogP contribution in [-0.4, -0.2) is 82.5 Å². The van der Waals surface area contributed by atoms with Crippen LogP contribution in [0, 0.1) is 10.8 Å². The molecule has 212 valence electrons. The highest BCUT2D eigenvalue weighted by atomic mass is 35.5. The lowest BCUT2D eigenvalue weighted by molar-refractivity contribution is -0.0728. The van der Waals surface area contributed by atoms with Gasteiger partial charge in [0.2, 0.25) is 5.90 Å². The molecular formula is C25H31Cl2F3N8O. The number of nitrogen functional groups attached to an aromatic ring is 1. The number of likely N-dealkylation sites (tertiary alicyclic amines) is 1. The van der Waals surface area contributed by atoms with Crippen LogP contribution in [0.25, 0.3) is 0 Å². The predicted molar refractivity (Wildman–Crippen MR) is 146 cm³/mol. The first kappa shape index (κ1) is 29.3. The first-order valence-corrected chi connectivity index (χ1v) is 13.4. The summed E-state index contributed by atoms with van der Waals surface area (Å²) < 4.78 is 42.1. The third-order valence-electron chi connectivity index (χ3n) is 7.18. The van der Waals surface area contributed by atoms with Crippen LogP contribution in [0.5, 0.6) is 0 Å². The van der Waals surface area contributed by atoms with Gasteiger partial charge in [-0.2, -0.15) is 13.2 Å². The van der Waals surface area contributed by atoms with Gasteiger partial charge < -0.3 is 15.4 Å². The average Bonchev–Trinajstić information content (AvgIpc) is 2.90. The van der Waals surface area contributed by atoms with Gasteiger partial charge in [-0.15, -0.1) is 0 Å². The maximum atomic E-state index is 12.6. The standard InChI is InChI=1S/C25H31Cl2F3N8O/c1-2-17-14-37(23-20(27)34-19(21(31)35-23)22(32)39-24(33)25(28,29)30)11-12-38(17)18-7-9-36(10-8-18)13-15-3-5-16(26)6-4-15/h3-6,17-18,32-33H,2,7-14H2,1H3,(H2,31,35)/t17-/m0/s1. The van der Waals surface area contributed by atoms with Crippen molar-refractivity contribution in [1.29, 1.82) is 10.8 Å². The number of nitrogens with zero attached hydrogens (tertiary/aromatic N) is 5. The number of nitrogens with two attached hydrogens (primary N) is 1. The van der Waals surface area contributed by atoms with Crippen LogP contribution in [0.4, 0.5) is 24.8 Å². The molecule has 1 aromatic heterocycles. The zero-order chi connectivity index (χ0) is 28.3. The van der Waals surface area contributed by atoms with Crippen molar-refractivity contribution in [3.8, 4) is 0 Å². The first-order valence-electron chi connectivity index (χ1n) is 12.7. The third-order valence-corrected chi connectivity index (χ3v) is 7.69. The minimum Gasteiger partial charge on any atom is -0.415 e.